The Morgan fingerprint density at radius 2 is 1.83 bits per heavy atom. The number of benzene rings is 2. The molecule has 1 heterocycles. The average Bonchev–Trinajstić information content (AvgIpc) is 2.95. The number of furan rings is 1. The molecule has 0 saturated heterocycles. The van der Waals surface area contributed by atoms with Gasteiger partial charge >= 0.3 is 0 Å². The van der Waals surface area contributed by atoms with E-state index in [4.69, 9.17) is 9.15 Å². The van der Waals surface area contributed by atoms with E-state index in [2.05, 4.69) is 51.1 Å². The molecule has 1 aromatic heterocycles. The van der Waals surface area contributed by atoms with Gasteiger partial charge in [0.05, 0.1) is 6.61 Å². The highest BCUT2D eigenvalue weighted by Gasteiger charge is 2.08. The molecule has 3 rings (SSSR count). The van der Waals surface area contributed by atoms with E-state index in [1.807, 2.05) is 18.2 Å². The fraction of sp³-hybridized carbons (Fsp3) is 0.333. The van der Waals surface area contributed by atoms with Crippen molar-refractivity contribution < 1.29 is 9.15 Å². The van der Waals surface area contributed by atoms with Crippen LogP contribution >= 0.6 is 0 Å². The Hall–Kier alpha value is -2.22. The predicted octanol–water partition coefficient (Wildman–Crippen LogP) is 5.56. The number of fused-ring (bicyclic) bond motifs is 1. The molecular weight excluding hydrogens is 284 g/mol. The van der Waals surface area contributed by atoms with E-state index in [1.54, 1.807) is 0 Å². The Morgan fingerprint density at radius 3 is 2.61 bits per heavy atom. The second-order valence-corrected chi connectivity index (χ2v) is 6.50. The van der Waals surface area contributed by atoms with Crippen LogP contribution in [0.5, 0.6) is 5.75 Å². The Balaban J connectivity index is 1.71. The van der Waals surface area contributed by atoms with E-state index in [9.17, 15) is 0 Å². The van der Waals surface area contributed by atoms with Gasteiger partial charge in [-0.25, -0.2) is 0 Å². The van der Waals surface area contributed by atoms with Gasteiger partial charge < -0.3 is 9.15 Å². The van der Waals surface area contributed by atoms with Gasteiger partial charge in [0.25, 0.3) is 0 Å². The minimum atomic E-state index is 0.536. The van der Waals surface area contributed by atoms with E-state index in [0.29, 0.717) is 5.92 Å². The van der Waals surface area contributed by atoms with Crippen LogP contribution in [0.25, 0.3) is 11.0 Å². The molecule has 0 fully saturated rings. The molecule has 120 valence electrons. The van der Waals surface area contributed by atoms with Crippen LogP contribution < -0.4 is 4.74 Å². The first kappa shape index (κ1) is 15.7. The fourth-order valence-electron chi connectivity index (χ4n) is 2.76. The largest absolute Gasteiger partial charge is 0.493 e. The Morgan fingerprint density at radius 1 is 1.00 bits per heavy atom. The molecule has 0 spiro atoms. The summed E-state index contributed by atoms with van der Waals surface area (Å²) in [7, 11) is 0. The lowest BCUT2D eigenvalue weighted by molar-refractivity contribution is 0.269. The predicted molar refractivity (Wildman–Crippen MR) is 95.1 cm³/mol. The van der Waals surface area contributed by atoms with Gasteiger partial charge in [0.1, 0.15) is 17.1 Å². The molecule has 0 bridgehead atoms. The summed E-state index contributed by atoms with van der Waals surface area (Å²) in [5.74, 6) is 2.58. The number of hydrogen-bond acceptors (Lipinski definition) is 2. The molecule has 2 nitrogen and oxygen atoms in total. The third-order valence-electron chi connectivity index (χ3n) is 4.09. The molecule has 3 aromatic rings. The second kappa shape index (κ2) is 6.91. The molecule has 0 amide bonds. The molecule has 0 radical (unpaired) electrons. The van der Waals surface area contributed by atoms with Gasteiger partial charge in [0.15, 0.2) is 0 Å². The highest BCUT2D eigenvalue weighted by Crippen LogP contribution is 2.25. The molecule has 0 atom stereocenters. The van der Waals surface area contributed by atoms with Crippen LogP contribution in [0.4, 0.5) is 0 Å². The summed E-state index contributed by atoms with van der Waals surface area (Å²) in [4.78, 5) is 0. The first-order chi connectivity index (χ1) is 11.1. The molecule has 2 aromatic carbocycles. The number of ether oxygens (including phenoxy) is 1. The first-order valence-electron chi connectivity index (χ1n) is 8.32. The number of aryl methyl sites for hydroxylation is 2. The van der Waals surface area contributed by atoms with Crippen molar-refractivity contribution in [2.24, 2.45) is 5.92 Å². The van der Waals surface area contributed by atoms with E-state index >= 15 is 0 Å². The zero-order valence-corrected chi connectivity index (χ0v) is 14.1. The van der Waals surface area contributed by atoms with Crippen LogP contribution in [-0.2, 0) is 12.8 Å². The standard InChI is InChI=1S/C21H24O2/c1-15(2)14-22-20-10-6-8-17(16(20)3)11-12-19-13-18-7-4-5-9-21(18)23-19/h4-10,13,15H,11-12,14H2,1-3H3. The maximum atomic E-state index is 5.92. The van der Waals surface area contributed by atoms with Gasteiger partial charge in [0.2, 0.25) is 0 Å². The summed E-state index contributed by atoms with van der Waals surface area (Å²) in [6.45, 7) is 7.24. The van der Waals surface area contributed by atoms with Crippen LogP contribution in [0.15, 0.2) is 52.9 Å². The molecule has 0 aliphatic heterocycles. The number of rotatable bonds is 6. The lowest BCUT2D eigenvalue weighted by Crippen LogP contribution is -2.06. The Kier molecular flexibility index (Phi) is 4.71. The fourth-order valence-corrected chi connectivity index (χ4v) is 2.76. The van der Waals surface area contributed by atoms with Crippen molar-refractivity contribution in [1.29, 1.82) is 0 Å². The summed E-state index contributed by atoms with van der Waals surface area (Å²) in [5.41, 5.74) is 3.53. The quantitative estimate of drug-likeness (QED) is 0.594. The SMILES string of the molecule is Cc1c(CCc2cc3ccccc3o2)cccc1OCC(C)C. The molecule has 0 N–H and O–H groups in total. The maximum absolute atomic E-state index is 5.92. The third kappa shape index (κ3) is 3.76. The van der Waals surface area contributed by atoms with Crippen LogP contribution in [0, 0.1) is 12.8 Å². The van der Waals surface area contributed by atoms with Gasteiger partial charge in [0, 0.05) is 11.8 Å². The van der Waals surface area contributed by atoms with Crippen LogP contribution in [-0.4, -0.2) is 6.61 Å². The lowest BCUT2D eigenvalue weighted by atomic mass is 10.0. The highest BCUT2D eigenvalue weighted by atomic mass is 16.5. The van der Waals surface area contributed by atoms with E-state index in [1.165, 1.54) is 16.5 Å². The van der Waals surface area contributed by atoms with Gasteiger partial charge in [-0.05, 0) is 48.6 Å². The van der Waals surface area contributed by atoms with Gasteiger partial charge in [-0.15, -0.1) is 0 Å². The summed E-state index contributed by atoms with van der Waals surface area (Å²) in [5, 5.41) is 1.17. The van der Waals surface area contributed by atoms with E-state index < -0.39 is 0 Å². The summed E-state index contributed by atoms with van der Waals surface area (Å²) in [6, 6.07) is 16.6. The van der Waals surface area contributed by atoms with Crippen LogP contribution in [0.1, 0.15) is 30.7 Å². The Labute approximate surface area is 138 Å². The van der Waals surface area contributed by atoms with E-state index in [-0.39, 0.29) is 0 Å². The normalized spacial score (nSPS) is 11.3. The minimum absolute atomic E-state index is 0.536. The van der Waals surface area contributed by atoms with Crippen molar-refractivity contribution in [3.05, 3.63) is 65.4 Å². The number of para-hydroxylation sites is 1. The molecule has 0 saturated carbocycles. The smallest absolute Gasteiger partial charge is 0.134 e. The third-order valence-corrected chi connectivity index (χ3v) is 4.09. The molecule has 0 aliphatic rings. The average molecular weight is 308 g/mol. The molecule has 23 heavy (non-hydrogen) atoms. The molecule has 0 unspecified atom stereocenters. The van der Waals surface area contributed by atoms with Crippen molar-refractivity contribution >= 4 is 11.0 Å². The zero-order valence-electron chi connectivity index (χ0n) is 14.1. The minimum Gasteiger partial charge on any atom is -0.493 e. The molecular formula is C21H24O2. The second-order valence-electron chi connectivity index (χ2n) is 6.50. The van der Waals surface area contributed by atoms with E-state index in [0.717, 1.165) is 36.5 Å². The Bertz CT molecular complexity index is 750. The summed E-state index contributed by atoms with van der Waals surface area (Å²) < 4.78 is 11.8. The molecule has 0 aliphatic carbocycles. The molecule has 2 heteroatoms. The number of hydrogen-bond donors (Lipinski definition) is 0. The van der Waals surface area contributed by atoms with Crippen LogP contribution in [0.3, 0.4) is 0 Å². The van der Waals surface area contributed by atoms with Gasteiger partial charge in [-0.1, -0.05) is 44.2 Å². The monoisotopic (exact) mass is 308 g/mol. The lowest BCUT2D eigenvalue weighted by Gasteiger charge is -2.14. The summed E-state index contributed by atoms with van der Waals surface area (Å²) in [6.07, 6.45) is 1.87. The van der Waals surface area contributed by atoms with Crippen molar-refractivity contribution in [3.8, 4) is 5.75 Å². The summed E-state index contributed by atoms with van der Waals surface area (Å²) >= 11 is 0. The highest BCUT2D eigenvalue weighted by molar-refractivity contribution is 5.77. The van der Waals surface area contributed by atoms with Gasteiger partial charge in [-0.2, -0.15) is 0 Å². The first-order valence-corrected chi connectivity index (χ1v) is 8.32. The van der Waals surface area contributed by atoms with Gasteiger partial charge in [-0.3, -0.25) is 0 Å². The van der Waals surface area contributed by atoms with Crippen LogP contribution in [0.2, 0.25) is 0 Å². The van der Waals surface area contributed by atoms with Crippen molar-refractivity contribution in [2.75, 3.05) is 6.61 Å². The zero-order chi connectivity index (χ0) is 16.2. The topological polar surface area (TPSA) is 22.4 Å². The van der Waals surface area contributed by atoms with Crippen molar-refractivity contribution in [1.82, 2.24) is 0 Å². The van der Waals surface area contributed by atoms with Crippen molar-refractivity contribution in [2.45, 2.75) is 33.6 Å². The maximum Gasteiger partial charge on any atom is 0.134 e. The van der Waals surface area contributed by atoms with Crippen molar-refractivity contribution in [3.63, 3.8) is 0 Å².